The Morgan fingerprint density at radius 1 is 0.885 bits per heavy atom. The van der Waals surface area contributed by atoms with Crippen molar-refractivity contribution >= 4 is 10.8 Å². The molecule has 1 N–H and O–H groups in total. The van der Waals surface area contributed by atoms with E-state index in [0.717, 1.165) is 28.7 Å². The first-order valence-corrected chi connectivity index (χ1v) is 10.6. The maximum atomic E-state index is 14.5. The molecular formula is C24H31FO. The van der Waals surface area contributed by atoms with Crippen LogP contribution < -0.4 is 0 Å². The van der Waals surface area contributed by atoms with Crippen molar-refractivity contribution in [3.05, 3.63) is 41.7 Å². The molecule has 2 heteroatoms. The van der Waals surface area contributed by atoms with Crippen LogP contribution in [0.15, 0.2) is 30.3 Å². The lowest BCUT2D eigenvalue weighted by Gasteiger charge is -2.38. The fourth-order valence-corrected chi connectivity index (χ4v) is 5.55. The van der Waals surface area contributed by atoms with E-state index in [1.165, 1.54) is 63.9 Å². The van der Waals surface area contributed by atoms with Crippen molar-refractivity contribution in [2.45, 2.75) is 70.6 Å². The molecule has 0 unspecified atom stereocenters. The summed E-state index contributed by atoms with van der Waals surface area (Å²) in [6, 6.07) is 8.84. The summed E-state index contributed by atoms with van der Waals surface area (Å²) < 4.78 is 14.5. The minimum Gasteiger partial charge on any atom is -0.508 e. The van der Waals surface area contributed by atoms with Gasteiger partial charge in [-0.3, -0.25) is 0 Å². The van der Waals surface area contributed by atoms with Gasteiger partial charge in [0.25, 0.3) is 0 Å². The van der Waals surface area contributed by atoms with Gasteiger partial charge in [-0.15, -0.1) is 0 Å². The Balaban J connectivity index is 1.42. The van der Waals surface area contributed by atoms with E-state index in [4.69, 9.17) is 0 Å². The Morgan fingerprint density at radius 3 is 2.19 bits per heavy atom. The van der Waals surface area contributed by atoms with Crippen LogP contribution in [0.2, 0.25) is 0 Å². The summed E-state index contributed by atoms with van der Waals surface area (Å²) in [6.45, 7) is 2.33. The topological polar surface area (TPSA) is 20.2 Å². The molecule has 2 fully saturated rings. The van der Waals surface area contributed by atoms with Crippen molar-refractivity contribution in [2.24, 2.45) is 17.8 Å². The summed E-state index contributed by atoms with van der Waals surface area (Å²) >= 11 is 0. The lowest BCUT2D eigenvalue weighted by molar-refractivity contribution is 0.158. The van der Waals surface area contributed by atoms with E-state index in [0.29, 0.717) is 11.3 Å². The summed E-state index contributed by atoms with van der Waals surface area (Å²) in [7, 11) is 0. The van der Waals surface area contributed by atoms with Crippen LogP contribution in [0, 0.1) is 23.6 Å². The van der Waals surface area contributed by atoms with Gasteiger partial charge in [-0.2, -0.15) is 0 Å². The zero-order valence-corrected chi connectivity index (χ0v) is 15.9. The predicted octanol–water partition coefficient (Wildman–Crippen LogP) is 7.17. The molecule has 1 nitrogen and oxygen atoms in total. The fraction of sp³-hybridized carbons (Fsp3) is 0.583. The van der Waals surface area contributed by atoms with Crippen molar-refractivity contribution in [3.8, 4) is 5.75 Å². The Morgan fingerprint density at radius 2 is 1.54 bits per heavy atom. The second-order valence-corrected chi connectivity index (χ2v) is 8.71. The summed E-state index contributed by atoms with van der Waals surface area (Å²) in [4.78, 5) is 0. The average molecular weight is 355 g/mol. The largest absolute Gasteiger partial charge is 0.508 e. The molecule has 0 spiro atoms. The van der Waals surface area contributed by atoms with E-state index in [2.05, 4.69) is 13.0 Å². The molecule has 0 amide bonds. The Bertz CT molecular complexity index is 752. The number of hydrogen-bond donors (Lipinski definition) is 1. The zero-order valence-electron chi connectivity index (χ0n) is 15.9. The van der Waals surface area contributed by atoms with Crippen LogP contribution >= 0.6 is 0 Å². The summed E-state index contributed by atoms with van der Waals surface area (Å²) in [5, 5.41) is 11.0. The third-order valence-corrected chi connectivity index (χ3v) is 7.29. The number of halogens is 1. The molecule has 140 valence electrons. The van der Waals surface area contributed by atoms with Crippen LogP contribution in [-0.4, -0.2) is 5.11 Å². The number of phenols is 1. The molecule has 2 aromatic carbocycles. The van der Waals surface area contributed by atoms with E-state index in [9.17, 15) is 9.50 Å². The highest BCUT2D eigenvalue weighted by Gasteiger charge is 2.31. The van der Waals surface area contributed by atoms with Gasteiger partial charge >= 0.3 is 0 Å². The fourth-order valence-electron chi connectivity index (χ4n) is 5.55. The normalized spacial score (nSPS) is 29.8. The first kappa shape index (κ1) is 17.8. The van der Waals surface area contributed by atoms with Crippen LogP contribution in [0.25, 0.3) is 10.8 Å². The number of rotatable bonds is 3. The van der Waals surface area contributed by atoms with E-state index in [1.807, 2.05) is 6.07 Å². The molecule has 2 aliphatic carbocycles. The van der Waals surface area contributed by atoms with Gasteiger partial charge in [-0.1, -0.05) is 38.3 Å². The van der Waals surface area contributed by atoms with Crippen molar-refractivity contribution in [1.29, 1.82) is 0 Å². The maximum Gasteiger partial charge on any atom is 0.131 e. The van der Waals surface area contributed by atoms with Crippen LogP contribution in [0.3, 0.4) is 0 Å². The highest BCUT2D eigenvalue weighted by atomic mass is 19.1. The molecule has 2 aliphatic rings. The third-order valence-electron chi connectivity index (χ3n) is 7.29. The minimum absolute atomic E-state index is 0.127. The second-order valence-electron chi connectivity index (χ2n) is 8.71. The van der Waals surface area contributed by atoms with Crippen molar-refractivity contribution in [2.75, 3.05) is 0 Å². The van der Waals surface area contributed by atoms with Crippen molar-refractivity contribution in [3.63, 3.8) is 0 Å². The Kier molecular flexibility index (Phi) is 5.20. The highest BCUT2D eigenvalue weighted by molar-refractivity contribution is 5.85. The molecule has 0 aromatic heterocycles. The van der Waals surface area contributed by atoms with Gasteiger partial charge in [0.2, 0.25) is 0 Å². The summed E-state index contributed by atoms with van der Waals surface area (Å²) in [5.74, 6) is 3.23. The summed E-state index contributed by atoms with van der Waals surface area (Å²) in [5.41, 5.74) is 1.15. The smallest absolute Gasteiger partial charge is 0.131 e. The lowest BCUT2D eigenvalue weighted by Crippen LogP contribution is -2.25. The van der Waals surface area contributed by atoms with E-state index < -0.39 is 0 Å². The third kappa shape index (κ3) is 3.61. The van der Waals surface area contributed by atoms with E-state index in [-0.39, 0.29) is 11.6 Å². The number of aromatic hydroxyl groups is 1. The van der Waals surface area contributed by atoms with Crippen molar-refractivity contribution < 1.29 is 9.50 Å². The lowest BCUT2D eigenvalue weighted by atomic mass is 9.68. The number of fused-ring (bicyclic) bond motifs is 1. The zero-order chi connectivity index (χ0) is 18.1. The van der Waals surface area contributed by atoms with Crippen LogP contribution in [0.5, 0.6) is 5.75 Å². The molecule has 0 bridgehead atoms. The Labute approximate surface area is 156 Å². The van der Waals surface area contributed by atoms with Crippen LogP contribution in [0.1, 0.15) is 76.2 Å². The monoisotopic (exact) mass is 354 g/mol. The number of phenolic OH excluding ortho intramolecular Hbond substituents is 1. The SMILES string of the molecule is CCC1CCC(C2CCC(c3cc(F)c4cc(O)ccc4c3)CC2)CC1. The average Bonchev–Trinajstić information content (AvgIpc) is 2.68. The molecular weight excluding hydrogens is 323 g/mol. The van der Waals surface area contributed by atoms with E-state index in [1.54, 1.807) is 12.1 Å². The quantitative estimate of drug-likeness (QED) is 0.619. The standard InChI is InChI=1S/C24H31FO/c1-2-16-3-5-17(6-4-16)18-7-9-19(10-8-18)21-13-20-11-12-22(26)15-23(20)24(25)14-21/h11-19,26H,2-10H2,1H3. The second kappa shape index (κ2) is 7.58. The van der Waals surface area contributed by atoms with Gasteiger partial charge in [-0.05, 0) is 91.3 Å². The number of benzene rings is 2. The van der Waals surface area contributed by atoms with Crippen LogP contribution in [-0.2, 0) is 0 Å². The molecule has 0 saturated heterocycles. The highest BCUT2D eigenvalue weighted by Crippen LogP contribution is 2.44. The molecule has 0 atom stereocenters. The van der Waals surface area contributed by atoms with Crippen LogP contribution in [0.4, 0.5) is 4.39 Å². The van der Waals surface area contributed by atoms with Gasteiger partial charge in [0.1, 0.15) is 11.6 Å². The van der Waals surface area contributed by atoms with Gasteiger partial charge in [0.15, 0.2) is 0 Å². The number of hydrogen-bond acceptors (Lipinski definition) is 1. The molecule has 26 heavy (non-hydrogen) atoms. The maximum absolute atomic E-state index is 14.5. The van der Waals surface area contributed by atoms with E-state index >= 15 is 0 Å². The van der Waals surface area contributed by atoms with Crippen molar-refractivity contribution in [1.82, 2.24) is 0 Å². The predicted molar refractivity (Wildman–Crippen MR) is 106 cm³/mol. The molecule has 0 radical (unpaired) electrons. The molecule has 2 saturated carbocycles. The first-order chi connectivity index (χ1) is 12.6. The van der Waals surface area contributed by atoms with Gasteiger partial charge in [0.05, 0.1) is 0 Å². The van der Waals surface area contributed by atoms with Gasteiger partial charge in [0, 0.05) is 5.39 Å². The summed E-state index contributed by atoms with van der Waals surface area (Å²) in [6.07, 6.45) is 12.1. The van der Waals surface area contributed by atoms with Gasteiger partial charge in [-0.25, -0.2) is 4.39 Å². The minimum atomic E-state index is -0.201. The molecule has 2 aromatic rings. The Hall–Kier alpha value is -1.57. The first-order valence-electron chi connectivity index (χ1n) is 10.6. The molecule has 4 rings (SSSR count). The van der Waals surface area contributed by atoms with Gasteiger partial charge < -0.3 is 5.11 Å². The molecule has 0 aliphatic heterocycles. The molecule has 0 heterocycles.